The van der Waals surface area contributed by atoms with Gasteiger partial charge in [0.15, 0.2) is 0 Å². The molecule has 1 aromatic heterocycles. The first-order valence-electron chi connectivity index (χ1n) is 5.97. The number of hydrogen-bond acceptors (Lipinski definition) is 3. The second kappa shape index (κ2) is 5.08. The first kappa shape index (κ1) is 12.4. The molecule has 0 aliphatic carbocycles. The zero-order chi connectivity index (χ0) is 13.1. The number of benzene rings is 1. The number of furan rings is 1. The van der Waals surface area contributed by atoms with Crippen molar-refractivity contribution in [2.75, 3.05) is 6.61 Å². The molecule has 0 N–H and O–H groups in total. The second-order valence-electron chi connectivity index (χ2n) is 4.12. The molecule has 0 spiro atoms. The monoisotopic (exact) mass is 244 g/mol. The van der Waals surface area contributed by atoms with Gasteiger partial charge in [-0.25, -0.2) is 4.79 Å². The molecule has 0 saturated heterocycles. The third-order valence-electron chi connectivity index (χ3n) is 2.78. The fourth-order valence-electron chi connectivity index (χ4n) is 1.89. The summed E-state index contributed by atoms with van der Waals surface area (Å²) in [6.45, 7) is 5.82. The minimum absolute atomic E-state index is 0.290. The standard InChI is InChI=1S/C15H16O3/c1-4-17-15(16)10(2)9-13-11(3)18-14-8-6-5-7-12(13)14/h5-9H,4H2,1-3H3/b10-9+. The number of para-hydroxylation sites is 1. The number of ether oxygens (including phenoxy) is 1. The Labute approximate surface area is 106 Å². The summed E-state index contributed by atoms with van der Waals surface area (Å²) < 4.78 is 10.6. The Morgan fingerprint density at radius 2 is 2.11 bits per heavy atom. The zero-order valence-electron chi connectivity index (χ0n) is 10.8. The normalized spacial score (nSPS) is 11.8. The Hall–Kier alpha value is -2.03. The van der Waals surface area contributed by atoms with Crippen molar-refractivity contribution >= 4 is 23.0 Å². The van der Waals surface area contributed by atoms with E-state index in [9.17, 15) is 4.79 Å². The summed E-state index contributed by atoms with van der Waals surface area (Å²) >= 11 is 0. The maximum Gasteiger partial charge on any atom is 0.333 e. The van der Waals surface area contributed by atoms with Crippen molar-refractivity contribution in [2.24, 2.45) is 0 Å². The summed E-state index contributed by atoms with van der Waals surface area (Å²) in [5.74, 6) is 0.516. The molecule has 3 heteroatoms. The van der Waals surface area contributed by atoms with Gasteiger partial charge in [0.25, 0.3) is 0 Å². The van der Waals surface area contributed by atoms with E-state index >= 15 is 0 Å². The Morgan fingerprint density at radius 1 is 1.39 bits per heavy atom. The average Bonchev–Trinajstić information content (AvgIpc) is 2.66. The van der Waals surface area contributed by atoms with Gasteiger partial charge in [0.2, 0.25) is 0 Å². The van der Waals surface area contributed by atoms with Crippen molar-refractivity contribution in [1.82, 2.24) is 0 Å². The van der Waals surface area contributed by atoms with E-state index in [2.05, 4.69) is 0 Å². The Kier molecular flexibility index (Phi) is 3.51. The molecule has 2 rings (SSSR count). The molecule has 0 atom stereocenters. The molecule has 0 amide bonds. The van der Waals surface area contributed by atoms with Gasteiger partial charge in [-0.1, -0.05) is 18.2 Å². The smallest absolute Gasteiger partial charge is 0.333 e. The van der Waals surface area contributed by atoms with Crippen molar-refractivity contribution in [3.8, 4) is 0 Å². The number of esters is 1. The molecule has 0 unspecified atom stereocenters. The van der Waals surface area contributed by atoms with Crippen LogP contribution in [0.2, 0.25) is 0 Å². The van der Waals surface area contributed by atoms with Crippen LogP contribution in [-0.2, 0) is 9.53 Å². The van der Waals surface area contributed by atoms with Crippen LogP contribution < -0.4 is 0 Å². The van der Waals surface area contributed by atoms with Crippen molar-refractivity contribution in [3.05, 3.63) is 41.2 Å². The lowest BCUT2D eigenvalue weighted by Gasteiger charge is -2.01. The highest BCUT2D eigenvalue weighted by molar-refractivity contribution is 5.97. The highest BCUT2D eigenvalue weighted by Gasteiger charge is 2.11. The van der Waals surface area contributed by atoms with Crippen LogP contribution in [0.25, 0.3) is 17.0 Å². The van der Waals surface area contributed by atoms with Gasteiger partial charge in [0, 0.05) is 16.5 Å². The lowest BCUT2D eigenvalue weighted by atomic mass is 10.1. The van der Waals surface area contributed by atoms with Crippen LogP contribution in [0.1, 0.15) is 25.2 Å². The van der Waals surface area contributed by atoms with E-state index in [0.717, 1.165) is 22.3 Å². The first-order valence-corrected chi connectivity index (χ1v) is 5.97. The predicted octanol–water partition coefficient (Wildman–Crippen LogP) is 3.71. The number of carbonyl (C=O) groups excluding carboxylic acids is 1. The second-order valence-corrected chi connectivity index (χ2v) is 4.12. The molecule has 0 fully saturated rings. The van der Waals surface area contributed by atoms with E-state index in [4.69, 9.17) is 9.15 Å². The van der Waals surface area contributed by atoms with Crippen LogP contribution in [-0.4, -0.2) is 12.6 Å². The van der Waals surface area contributed by atoms with E-state index in [0.29, 0.717) is 12.2 Å². The molecule has 0 saturated carbocycles. The maximum absolute atomic E-state index is 11.6. The van der Waals surface area contributed by atoms with Gasteiger partial charge in [-0.3, -0.25) is 0 Å². The number of fused-ring (bicyclic) bond motifs is 1. The number of hydrogen-bond donors (Lipinski definition) is 0. The van der Waals surface area contributed by atoms with E-state index < -0.39 is 0 Å². The Morgan fingerprint density at radius 3 is 2.83 bits per heavy atom. The molecule has 94 valence electrons. The van der Waals surface area contributed by atoms with Crippen LogP contribution in [0.5, 0.6) is 0 Å². The summed E-state index contributed by atoms with van der Waals surface area (Å²) in [4.78, 5) is 11.6. The van der Waals surface area contributed by atoms with E-state index in [1.165, 1.54) is 0 Å². The van der Waals surface area contributed by atoms with Crippen LogP contribution in [0.15, 0.2) is 34.3 Å². The molecular formula is C15H16O3. The number of rotatable bonds is 3. The zero-order valence-corrected chi connectivity index (χ0v) is 10.8. The maximum atomic E-state index is 11.6. The van der Waals surface area contributed by atoms with Gasteiger partial charge in [-0.2, -0.15) is 0 Å². The fourth-order valence-corrected chi connectivity index (χ4v) is 1.89. The summed E-state index contributed by atoms with van der Waals surface area (Å²) in [7, 11) is 0. The van der Waals surface area contributed by atoms with Crippen molar-refractivity contribution in [2.45, 2.75) is 20.8 Å². The molecule has 0 aliphatic heterocycles. The molecule has 18 heavy (non-hydrogen) atoms. The van der Waals surface area contributed by atoms with Crippen LogP contribution >= 0.6 is 0 Å². The minimum atomic E-state index is -0.290. The lowest BCUT2D eigenvalue weighted by Crippen LogP contribution is -2.04. The van der Waals surface area contributed by atoms with Crippen molar-refractivity contribution in [3.63, 3.8) is 0 Å². The molecule has 0 aliphatic rings. The molecule has 3 nitrogen and oxygen atoms in total. The van der Waals surface area contributed by atoms with Gasteiger partial charge in [0.1, 0.15) is 11.3 Å². The van der Waals surface area contributed by atoms with Crippen LogP contribution in [0.3, 0.4) is 0 Å². The first-order chi connectivity index (χ1) is 8.63. The van der Waals surface area contributed by atoms with E-state index in [-0.39, 0.29) is 5.97 Å². The molecule has 1 aromatic carbocycles. The molecular weight excluding hydrogens is 228 g/mol. The van der Waals surface area contributed by atoms with Gasteiger partial charge in [-0.15, -0.1) is 0 Å². The fraction of sp³-hybridized carbons (Fsp3) is 0.267. The Balaban J connectivity index is 2.45. The van der Waals surface area contributed by atoms with Gasteiger partial charge in [0.05, 0.1) is 6.61 Å². The van der Waals surface area contributed by atoms with E-state index in [1.54, 1.807) is 13.8 Å². The Bertz CT molecular complexity index is 605. The third-order valence-corrected chi connectivity index (χ3v) is 2.78. The van der Waals surface area contributed by atoms with E-state index in [1.807, 2.05) is 37.3 Å². The van der Waals surface area contributed by atoms with Gasteiger partial charge in [-0.05, 0) is 32.9 Å². The number of aryl methyl sites for hydroxylation is 1. The topological polar surface area (TPSA) is 39.4 Å². The molecule has 0 bridgehead atoms. The highest BCUT2D eigenvalue weighted by Crippen LogP contribution is 2.27. The molecule has 1 heterocycles. The summed E-state index contributed by atoms with van der Waals surface area (Å²) in [5.41, 5.74) is 2.35. The lowest BCUT2D eigenvalue weighted by molar-refractivity contribution is -0.138. The summed E-state index contributed by atoms with van der Waals surface area (Å²) in [6, 6.07) is 7.78. The van der Waals surface area contributed by atoms with Gasteiger partial charge >= 0.3 is 5.97 Å². The summed E-state index contributed by atoms with van der Waals surface area (Å²) in [5, 5.41) is 1.01. The van der Waals surface area contributed by atoms with Gasteiger partial charge < -0.3 is 9.15 Å². The molecule has 2 aromatic rings. The predicted molar refractivity (Wildman–Crippen MR) is 71.2 cm³/mol. The van der Waals surface area contributed by atoms with Crippen molar-refractivity contribution < 1.29 is 13.9 Å². The highest BCUT2D eigenvalue weighted by atomic mass is 16.5. The van der Waals surface area contributed by atoms with Crippen LogP contribution in [0.4, 0.5) is 0 Å². The van der Waals surface area contributed by atoms with Crippen LogP contribution in [0, 0.1) is 6.92 Å². The molecule has 0 radical (unpaired) electrons. The quantitative estimate of drug-likeness (QED) is 0.610. The third kappa shape index (κ3) is 2.30. The average molecular weight is 244 g/mol. The largest absolute Gasteiger partial charge is 0.463 e. The summed E-state index contributed by atoms with van der Waals surface area (Å²) in [6.07, 6.45) is 1.82. The SMILES string of the molecule is CCOC(=O)/C(C)=C/c1c(C)oc2ccccc12. The number of carbonyl (C=O) groups is 1. The minimum Gasteiger partial charge on any atom is -0.463 e. The van der Waals surface area contributed by atoms with Crippen molar-refractivity contribution in [1.29, 1.82) is 0 Å².